The lowest BCUT2D eigenvalue weighted by Gasteiger charge is -2.30. The number of anilines is 1. The van der Waals surface area contributed by atoms with Gasteiger partial charge in [-0.25, -0.2) is 0 Å². The van der Waals surface area contributed by atoms with Crippen LogP contribution in [0.25, 0.3) is 11.1 Å². The quantitative estimate of drug-likeness (QED) is 0.625. The van der Waals surface area contributed by atoms with Crippen LogP contribution in [0, 0.1) is 11.3 Å². The van der Waals surface area contributed by atoms with Crippen molar-refractivity contribution in [2.45, 2.75) is 12.8 Å². The summed E-state index contributed by atoms with van der Waals surface area (Å²) in [4.78, 5) is 6.61. The van der Waals surface area contributed by atoms with E-state index in [2.05, 4.69) is 9.88 Å². The molecule has 1 aliphatic heterocycles. The van der Waals surface area contributed by atoms with E-state index in [1.807, 2.05) is 24.3 Å². The summed E-state index contributed by atoms with van der Waals surface area (Å²) in [6, 6.07) is 8.45. The molecule has 94 valence electrons. The number of nitrogens with two attached hydrogens (primary N) is 1. The SMILES string of the molecule is N=C(N)C1CCN(c2nc3ccccc3o2)CC1. The lowest BCUT2D eigenvalue weighted by molar-refractivity contribution is 0.462. The van der Waals surface area contributed by atoms with Gasteiger partial charge in [0.2, 0.25) is 0 Å². The van der Waals surface area contributed by atoms with E-state index in [1.165, 1.54) is 0 Å². The summed E-state index contributed by atoms with van der Waals surface area (Å²) in [5.74, 6) is 0.512. The molecule has 0 radical (unpaired) electrons. The minimum Gasteiger partial charge on any atom is -0.423 e. The smallest absolute Gasteiger partial charge is 0.298 e. The number of para-hydroxylation sites is 2. The first-order valence-electron chi connectivity index (χ1n) is 6.18. The molecule has 1 aromatic carbocycles. The van der Waals surface area contributed by atoms with Gasteiger partial charge in [-0.2, -0.15) is 4.98 Å². The first-order valence-corrected chi connectivity index (χ1v) is 6.18. The maximum Gasteiger partial charge on any atom is 0.298 e. The molecule has 0 saturated carbocycles. The Hall–Kier alpha value is -2.04. The number of benzene rings is 1. The zero-order chi connectivity index (χ0) is 12.5. The van der Waals surface area contributed by atoms with Gasteiger partial charge < -0.3 is 15.1 Å². The summed E-state index contributed by atoms with van der Waals surface area (Å²) in [5.41, 5.74) is 7.25. The molecule has 1 fully saturated rings. The molecule has 3 rings (SSSR count). The Morgan fingerprint density at radius 2 is 2.06 bits per heavy atom. The lowest BCUT2D eigenvalue weighted by atomic mass is 9.96. The zero-order valence-corrected chi connectivity index (χ0v) is 10.1. The second kappa shape index (κ2) is 4.33. The number of oxazole rings is 1. The van der Waals surface area contributed by atoms with E-state index in [4.69, 9.17) is 15.6 Å². The average molecular weight is 244 g/mol. The summed E-state index contributed by atoms with van der Waals surface area (Å²) in [5, 5.41) is 7.47. The van der Waals surface area contributed by atoms with Gasteiger partial charge in [0.1, 0.15) is 5.52 Å². The Morgan fingerprint density at radius 1 is 1.33 bits per heavy atom. The van der Waals surface area contributed by atoms with Gasteiger partial charge in [-0.1, -0.05) is 12.1 Å². The molecule has 2 heterocycles. The third-order valence-corrected chi connectivity index (χ3v) is 3.49. The van der Waals surface area contributed by atoms with Crippen molar-refractivity contribution in [1.82, 2.24) is 4.98 Å². The van der Waals surface area contributed by atoms with Gasteiger partial charge >= 0.3 is 0 Å². The molecule has 0 aliphatic carbocycles. The number of hydrogen-bond acceptors (Lipinski definition) is 4. The summed E-state index contributed by atoms with van der Waals surface area (Å²) in [7, 11) is 0. The molecule has 0 spiro atoms. The van der Waals surface area contributed by atoms with Gasteiger partial charge in [0.15, 0.2) is 5.58 Å². The molecular formula is C13H16N4O. The monoisotopic (exact) mass is 244 g/mol. The maximum absolute atomic E-state index is 7.47. The first kappa shape index (κ1) is 11.1. The van der Waals surface area contributed by atoms with Gasteiger partial charge in [-0.05, 0) is 25.0 Å². The van der Waals surface area contributed by atoms with Crippen LogP contribution >= 0.6 is 0 Å². The van der Waals surface area contributed by atoms with Crippen molar-refractivity contribution in [2.24, 2.45) is 11.7 Å². The number of hydrogen-bond donors (Lipinski definition) is 2. The molecule has 1 aromatic heterocycles. The van der Waals surface area contributed by atoms with Gasteiger partial charge in [-0.3, -0.25) is 5.41 Å². The van der Waals surface area contributed by atoms with E-state index in [0.29, 0.717) is 11.9 Å². The fraction of sp³-hybridized carbons (Fsp3) is 0.385. The number of rotatable bonds is 2. The van der Waals surface area contributed by atoms with E-state index in [-0.39, 0.29) is 5.92 Å². The summed E-state index contributed by atoms with van der Waals surface area (Å²) < 4.78 is 5.73. The highest BCUT2D eigenvalue weighted by Crippen LogP contribution is 2.26. The predicted molar refractivity (Wildman–Crippen MR) is 70.9 cm³/mol. The standard InChI is InChI=1S/C13H16N4O/c14-12(15)9-5-7-17(8-6-9)13-16-10-3-1-2-4-11(10)18-13/h1-4,9H,5-8H2,(H3,14,15). The summed E-state index contributed by atoms with van der Waals surface area (Å²) in [6.07, 6.45) is 1.79. The summed E-state index contributed by atoms with van der Waals surface area (Å²) >= 11 is 0. The molecule has 5 heteroatoms. The van der Waals surface area contributed by atoms with Crippen molar-refractivity contribution in [3.63, 3.8) is 0 Å². The van der Waals surface area contributed by atoms with Crippen LogP contribution in [0.4, 0.5) is 6.01 Å². The van der Waals surface area contributed by atoms with Crippen molar-refractivity contribution >= 4 is 22.9 Å². The van der Waals surface area contributed by atoms with Crippen molar-refractivity contribution in [3.05, 3.63) is 24.3 Å². The fourth-order valence-corrected chi connectivity index (χ4v) is 2.38. The van der Waals surface area contributed by atoms with Gasteiger partial charge in [0.25, 0.3) is 6.01 Å². The number of nitrogens with zero attached hydrogens (tertiary/aromatic N) is 2. The molecule has 1 saturated heterocycles. The highest BCUT2D eigenvalue weighted by atomic mass is 16.4. The molecule has 3 N–H and O–H groups in total. The zero-order valence-electron chi connectivity index (χ0n) is 10.1. The lowest BCUT2D eigenvalue weighted by Crippen LogP contribution is -2.38. The van der Waals surface area contributed by atoms with Crippen LogP contribution < -0.4 is 10.6 Å². The van der Waals surface area contributed by atoms with E-state index in [1.54, 1.807) is 0 Å². The van der Waals surface area contributed by atoms with E-state index in [0.717, 1.165) is 37.0 Å². The molecule has 0 amide bonds. The molecule has 0 unspecified atom stereocenters. The van der Waals surface area contributed by atoms with Crippen LogP contribution in [0.3, 0.4) is 0 Å². The van der Waals surface area contributed by atoms with E-state index in [9.17, 15) is 0 Å². The van der Waals surface area contributed by atoms with Crippen LogP contribution in [0.1, 0.15) is 12.8 Å². The number of nitrogens with one attached hydrogen (secondary N) is 1. The average Bonchev–Trinajstić information content (AvgIpc) is 2.82. The van der Waals surface area contributed by atoms with Crippen molar-refractivity contribution in [2.75, 3.05) is 18.0 Å². The van der Waals surface area contributed by atoms with Crippen LogP contribution in [0.15, 0.2) is 28.7 Å². The third kappa shape index (κ3) is 1.92. The molecule has 0 bridgehead atoms. The first-order chi connectivity index (χ1) is 8.74. The molecule has 1 aliphatic rings. The van der Waals surface area contributed by atoms with Crippen LogP contribution in [-0.4, -0.2) is 23.9 Å². The Bertz CT molecular complexity index is 536. The minimum absolute atomic E-state index is 0.214. The maximum atomic E-state index is 7.47. The fourth-order valence-electron chi connectivity index (χ4n) is 2.38. The predicted octanol–water partition coefficient (Wildman–Crippen LogP) is 1.98. The highest BCUT2D eigenvalue weighted by molar-refractivity contribution is 5.80. The van der Waals surface area contributed by atoms with Crippen molar-refractivity contribution in [3.8, 4) is 0 Å². The summed E-state index contributed by atoms with van der Waals surface area (Å²) in [6.45, 7) is 1.69. The second-order valence-electron chi connectivity index (χ2n) is 4.68. The van der Waals surface area contributed by atoms with Crippen LogP contribution in [0.2, 0.25) is 0 Å². The van der Waals surface area contributed by atoms with Gasteiger partial charge in [0.05, 0.1) is 5.84 Å². The van der Waals surface area contributed by atoms with Crippen molar-refractivity contribution in [1.29, 1.82) is 5.41 Å². The van der Waals surface area contributed by atoms with Gasteiger partial charge in [-0.15, -0.1) is 0 Å². The Morgan fingerprint density at radius 3 is 2.72 bits per heavy atom. The van der Waals surface area contributed by atoms with Crippen LogP contribution in [-0.2, 0) is 0 Å². The number of aromatic nitrogens is 1. The van der Waals surface area contributed by atoms with E-state index < -0.39 is 0 Å². The number of piperidine rings is 1. The largest absolute Gasteiger partial charge is 0.423 e. The number of amidine groups is 1. The molecular weight excluding hydrogens is 228 g/mol. The van der Waals surface area contributed by atoms with Crippen LogP contribution in [0.5, 0.6) is 0 Å². The molecule has 5 nitrogen and oxygen atoms in total. The van der Waals surface area contributed by atoms with Gasteiger partial charge in [0, 0.05) is 19.0 Å². The molecule has 18 heavy (non-hydrogen) atoms. The second-order valence-corrected chi connectivity index (χ2v) is 4.68. The topological polar surface area (TPSA) is 79.1 Å². The molecule has 2 aromatic rings. The molecule has 0 atom stereocenters. The number of fused-ring (bicyclic) bond motifs is 1. The Labute approximate surface area is 105 Å². The Kier molecular flexibility index (Phi) is 2.66. The normalized spacial score (nSPS) is 17.2. The Balaban J connectivity index is 1.78. The van der Waals surface area contributed by atoms with Crippen molar-refractivity contribution < 1.29 is 4.42 Å². The van der Waals surface area contributed by atoms with E-state index >= 15 is 0 Å². The third-order valence-electron chi connectivity index (χ3n) is 3.49. The highest BCUT2D eigenvalue weighted by Gasteiger charge is 2.24. The minimum atomic E-state index is 0.214.